The van der Waals surface area contributed by atoms with Gasteiger partial charge in [0.15, 0.2) is 11.2 Å². The molecule has 0 bridgehead atoms. The van der Waals surface area contributed by atoms with Crippen molar-refractivity contribution in [3.63, 3.8) is 0 Å². The Bertz CT molecular complexity index is 1270. The van der Waals surface area contributed by atoms with Gasteiger partial charge in [-0.15, -0.1) is 0 Å². The van der Waals surface area contributed by atoms with Crippen LogP contribution in [0.4, 0.5) is 0 Å². The molecule has 0 spiro atoms. The van der Waals surface area contributed by atoms with Crippen LogP contribution in [0.3, 0.4) is 0 Å². The third-order valence-corrected chi connectivity index (χ3v) is 8.05. The molecule has 3 N–H and O–H groups in total. The van der Waals surface area contributed by atoms with Gasteiger partial charge in [0.2, 0.25) is 5.88 Å². The Kier molecular flexibility index (Phi) is 6.37. The fraction of sp³-hybridized carbons (Fsp3) is 0.393. The van der Waals surface area contributed by atoms with Crippen LogP contribution in [0.15, 0.2) is 65.1 Å². The molecule has 36 heavy (non-hydrogen) atoms. The van der Waals surface area contributed by atoms with Gasteiger partial charge in [0.25, 0.3) is 0 Å². The number of methoxy groups -OCH3 is 1. The summed E-state index contributed by atoms with van der Waals surface area (Å²) >= 11 is 9.83. The largest absolute Gasteiger partial charge is 0.481 e. The fourth-order valence-corrected chi connectivity index (χ4v) is 6.34. The number of nitrogens with zero attached hydrogens (tertiary/aromatic N) is 1. The van der Waals surface area contributed by atoms with Gasteiger partial charge < -0.3 is 25.0 Å². The first kappa shape index (κ1) is 25.5. The number of pyridine rings is 1. The average molecular weight is 574 g/mol. The summed E-state index contributed by atoms with van der Waals surface area (Å²) in [6.45, 7) is 6.68. The van der Waals surface area contributed by atoms with Gasteiger partial charge in [-0.05, 0) is 44.0 Å². The summed E-state index contributed by atoms with van der Waals surface area (Å²) < 4.78 is 13.3. The lowest BCUT2D eigenvalue weighted by Crippen LogP contribution is -2.52. The second kappa shape index (κ2) is 8.99. The van der Waals surface area contributed by atoms with Gasteiger partial charge in [-0.1, -0.05) is 70.0 Å². The van der Waals surface area contributed by atoms with Gasteiger partial charge in [-0.25, -0.2) is 4.98 Å². The predicted octanol–water partition coefficient (Wildman–Crippen LogP) is 5.14. The number of fused-ring (bicyclic) bond motifs is 3. The molecule has 5 rings (SSSR count). The molecule has 2 aliphatic rings. The highest BCUT2D eigenvalue weighted by molar-refractivity contribution is 9.10. The molecule has 1 aromatic heterocycles. The molecule has 6 nitrogen and oxygen atoms in total. The lowest BCUT2D eigenvalue weighted by atomic mass is 9.71. The van der Waals surface area contributed by atoms with E-state index in [-0.39, 0.29) is 16.6 Å². The summed E-state index contributed by atoms with van der Waals surface area (Å²) in [7, 11) is 1.47. The number of aliphatic hydroxyl groups is 2. The number of aromatic nitrogens is 1. The Morgan fingerprint density at radius 3 is 2.42 bits per heavy atom. The number of hydrogen-bond acceptors (Lipinski definition) is 6. The predicted molar refractivity (Wildman–Crippen MR) is 143 cm³/mol. The number of ether oxygens (including phenoxy) is 2. The smallest absolute Gasteiger partial charge is 0.224 e. The SMILES string of the molecule is COc1nc(Cl)cc2c1[C@]1(O)[C@H](O)[C@H](CNC(C)(C)C)[C@@H](c3ccccc3)[C@]1(c1ccc(Br)cc1)O2. The van der Waals surface area contributed by atoms with Crippen LogP contribution in [0.2, 0.25) is 5.15 Å². The first-order valence-electron chi connectivity index (χ1n) is 11.9. The van der Waals surface area contributed by atoms with E-state index in [1.54, 1.807) is 6.07 Å². The van der Waals surface area contributed by atoms with Crippen LogP contribution in [0.25, 0.3) is 0 Å². The molecule has 2 heterocycles. The molecular formula is C28H30BrClN2O4. The first-order chi connectivity index (χ1) is 17.0. The lowest BCUT2D eigenvalue weighted by molar-refractivity contribution is -0.152. The Hall–Kier alpha value is -2.16. The van der Waals surface area contributed by atoms with E-state index < -0.39 is 29.1 Å². The topological polar surface area (TPSA) is 83.8 Å². The molecular weight excluding hydrogens is 544 g/mol. The molecule has 2 aromatic carbocycles. The van der Waals surface area contributed by atoms with Crippen LogP contribution >= 0.6 is 27.5 Å². The fourth-order valence-electron chi connectivity index (χ4n) is 5.90. The molecule has 1 aliphatic carbocycles. The summed E-state index contributed by atoms with van der Waals surface area (Å²) in [5, 5.41) is 28.6. The number of benzene rings is 2. The van der Waals surface area contributed by atoms with E-state index in [1.807, 2.05) is 54.6 Å². The molecule has 190 valence electrons. The molecule has 1 fully saturated rings. The van der Waals surface area contributed by atoms with Crippen molar-refractivity contribution in [1.29, 1.82) is 0 Å². The van der Waals surface area contributed by atoms with E-state index in [0.29, 0.717) is 17.9 Å². The Morgan fingerprint density at radius 2 is 1.81 bits per heavy atom. The van der Waals surface area contributed by atoms with E-state index in [2.05, 4.69) is 47.0 Å². The maximum absolute atomic E-state index is 12.8. The Morgan fingerprint density at radius 1 is 1.14 bits per heavy atom. The number of rotatable bonds is 5. The highest BCUT2D eigenvalue weighted by Crippen LogP contribution is 2.69. The van der Waals surface area contributed by atoms with Crippen molar-refractivity contribution in [3.8, 4) is 11.6 Å². The molecule has 0 amide bonds. The normalized spacial score (nSPS) is 28.9. The van der Waals surface area contributed by atoms with Crippen molar-refractivity contribution in [1.82, 2.24) is 10.3 Å². The van der Waals surface area contributed by atoms with Crippen molar-refractivity contribution < 1.29 is 19.7 Å². The van der Waals surface area contributed by atoms with Crippen molar-refractivity contribution in [2.24, 2.45) is 5.92 Å². The molecule has 1 aliphatic heterocycles. The van der Waals surface area contributed by atoms with E-state index >= 15 is 0 Å². The number of aliphatic hydroxyl groups excluding tert-OH is 1. The van der Waals surface area contributed by atoms with Gasteiger partial charge in [-0.2, -0.15) is 0 Å². The summed E-state index contributed by atoms with van der Waals surface area (Å²) in [6.07, 6.45) is -1.21. The van der Waals surface area contributed by atoms with Gasteiger partial charge >= 0.3 is 0 Å². The zero-order chi connectivity index (χ0) is 25.9. The van der Waals surface area contributed by atoms with E-state index in [9.17, 15) is 10.2 Å². The van der Waals surface area contributed by atoms with Crippen LogP contribution in [0, 0.1) is 5.92 Å². The standard InChI is InChI=1S/C28H30BrClN2O4/c1-26(2,3)31-15-19-22(16-8-6-5-7-9-16)28(17-10-12-18(29)13-11-17)27(34,24(19)33)23-20(36-28)14-21(30)32-25(23)35-4/h5-14,19,22,24,31,33-34H,15H2,1-4H3/t19-,22-,24-,27+,28+/m1/s1. The summed E-state index contributed by atoms with van der Waals surface area (Å²) in [4.78, 5) is 4.32. The molecule has 5 atom stereocenters. The first-order valence-corrected chi connectivity index (χ1v) is 13.1. The van der Waals surface area contributed by atoms with Crippen molar-refractivity contribution >= 4 is 27.5 Å². The zero-order valence-electron chi connectivity index (χ0n) is 20.6. The van der Waals surface area contributed by atoms with Gasteiger partial charge in [-0.3, -0.25) is 0 Å². The Balaban J connectivity index is 1.82. The second-order valence-electron chi connectivity index (χ2n) is 10.6. The van der Waals surface area contributed by atoms with Crippen LogP contribution < -0.4 is 14.8 Å². The molecule has 0 saturated heterocycles. The van der Waals surface area contributed by atoms with Crippen LogP contribution in [-0.2, 0) is 11.2 Å². The Labute approximate surface area is 224 Å². The third-order valence-electron chi connectivity index (χ3n) is 7.33. The highest BCUT2D eigenvalue weighted by atomic mass is 79.9. The van der Waals surface area contributed by atoms with Crippen LogP contribution in [0.1, 0.15) is 43.4 Å². The van der Waals surface area contributed by atoms with Gasteiger partial charge in [0, 0.05) is 34.5 Å². The highest BCUT2D eigenvalue weighted by Gasteiger charge is 2.76. The second-order valence-corrected chi connectivity index (χ2v) is 11.9. The minimum Gasteiger partial charge on any atom is -0.481 e. The number of hydrogen-bond donors (Lipinski definition) is 3. The minimum atomic E-state index is -1.87. The van der Waals surface area contributed by atoms with Gasteiger partial charge in [0.05, 0.1) is 18.8 Å². The quantitative estimate of drug-likeness (QED) is 0.367. The number of nitrogens with one attached hydrogen (secondary N) is 1. The summed E-state index contributed by atoms with van der Waals surface area (Å²) in [6, 6.07) is 19.2. The third kappa shape index (κ3) is 3.75. The molecule has 8 heteroatoms. The van der Waals surface area contributed by atoms with Crippen LogP contribution in [0.5, 0.6) is 11.6 Å². The maximum Gasteiger partial charge on any atom is 0.224 e. The molecule has 0 unspecified atom stereocenters. The summed E-state index contributed by atoms with van der Waals surface area (Å²) in [5.74, 6) is -0.354. The zero-order valence-corrected chi connectivity index (χ0v) is 23.0. The van der Waals surface area contributed by atoms with E-state index in [1.165, 1.54) is 7.11 Å². The molecule has 1 saturated carbocycles. The van der Waals surface area contributed by atoms with Crippen molar-refractivity contribution in [2.45, 2.75) is 49.5 Å². The van der Waals surface area contributed by atoms with E-state index in [4.69, 9.17) is 21.1 Å². The lowest BCUT2D eigenvalue weighted by Gasteiger charge is -2.41. The van der Waals surface area contributed by atoms with Crippen molar-refractivity contribution in [2.75, 3.05) is 13.7 Å². The molecule has 0 radical (unpaired) electrons. The van der Waals surface area contributed by atoms with E-state index in [0.717, 1.165) is 15.6 Å². The monoisotopic (exact) mass is 572 g/mol. The molecule has 3 aromatic rings. The minimum absolute atomic E-state index is 0.134. The average Bonchev–Trinajstić information content (AvgIpc) is 3.20. The summed E-state index contributed by atoms with van der Waals surface area (Å²) in [5.41, 5.74) is -1.46. The number of halogens is 2. The van der Waals surface area contributed by atoms with Crippen molar-refractivity contribution in [3.05, 3.63) is 87.0 Å². The maximum atomic E-state index is 12.8. The van der Waals surface area contributed by atoms with Gasteiger partial charge in [0.1, 0.15) is 10.9 Å². The van der Waals surface area contributed by atoms with Crippen LogP contribution in [-0.4, -0.2) is 40.5 Å².